The number of carbonyl (C=O) groups is 1. The van der Waals surface area contributed by atoms with E-state index in [4.69, 9.17) is 13.8 Å². The van der Waals surface area contributed by atoms with E-state index in [0.717, 1.165) is 6.08 Å². The Morgan fingerprint density at radius 1 is 1.29 bits per heavy atom. The Hall–Kier alpha value is -0.640. The summed E-state index contributed by atoms with van der Waals surface area (Å²) in [6.45, 7) is 9.16. The van der Waals surface area contributed by atoms with E-state index in [0.29, 0.717) is 26.1 Å². The highest BCUT2D eigenvalue weighted by molar-refractivity contribution is 7.54. The lowest BCUT2D eigenvalue weighted by Gasteiger charge is -2.23. The smallest absolute Gasteiger partial charge is 0.370 e. The number of hydrogen-bond acceptors (Lipinski definition) is 5. The molecule has 0 saturated carbocycles. The monoisotopic (exact) mass is 264 g/mol. The Balaban J connectivity index is 4.58. The Kier molecular flexibility index (Phi) is 8.13. The van der Waals surface area contributed by atoms with Gasteiger partial charge in [0.2, 0.25) is 0 Å². The molecule has 6 heteroatoms. The number of ether oxygens (including phenoxy) is 1. The summed E-state index contributed by atoms with van der Waals surface area (Å²) in [5, 5.41) is 0. The summed E-state index contributed by atoms with van der Waals surface area (Å²) in [6, 6.07) is 0. The molecule has 100 valence electrons. The first kappa shape index (κ1) is 16.4. The summed E-state index contributed by atoms with van der Waals surface area (Å²) in [4.78, 5) is 11.0. The molecule has 17 heavy (non-hydrogen) atoms. The molecule has 0 saturated heterocycles. The third kappa shape index (κ3) is 6.01. The maximum Gasteiger partial charge on any atom is 0.370 e. The van der Waals surface area contributed by atoms with Crippen molar-refractivity contribution in [3.05, 3.63) is 12.7 Å². The lowest BCUT2D eigenvalue weighted by molar-refractivity contribution is -0.139. The van der Waals surface area contributed by atoms with Gasteiger partial charge in [-0.25, -0.2) is 4.79 Å². The van der Waals surface area contributed by atoms with Gasteiger partial charge in [-0.3, -0.25) is 4.57 Å². The molecule has 0 N–H and O–H groups in total. The van der Waals surface area contributed by atoms with Crippen LogP contribution in [0.15, 0.2) is 12.7 Å². The first-order valence-electron chi connectivity index (χ1n) is 5.72. The normalized spacial score (nSPS) is 13.1. The number of esters is 1. The summed E-state index contributed by atoms with van der Waals surface area (Å²) in [7, 11) is -3.40. The Labute approximate surface area is 103 Å². The molecule has 1 atom stereocenters. The molecular weight excluding hydrogens is 243 g/mol. The van der Waals surface area contributed by atoms with E-state index in [1.165, 1.54) is 6.92 Å². The summed E-state index contributed by atoms with van der Waals surface area (Å²) in [6.07, 6.45) is 2.43. The van der Waals surface area contributed by atoms with Crippen molar-refractivity contribution < 1.29 is 23.1 Å². The third-order valence-corrected chi connectivity index (χ3v) is 3.93. The van der Waals surface area contributed by atoms with Crippen molar-refractivity contribution in [2.24, 2.45) is 0 Å². The van der Waals surface area contributed by atoms with Gasteiger partial charge in [0.1, 0.15) is 0 Å². The molecule has 0 aromatic heterocycles. The first-order chi connectivity index (χ1) is 8.00. The standard InChI is InChI=1S/C11H21O5P/c1-5-8-14-17(13,15-9-6-2)10(4)16-11(12)7-3/h7,10H,3,5-6,8-9H2,1-2,4H3. The molecule has 0 spiro atoms. The highest BCUT2D eigenvalue weighted by atomic mass is 31.2. The molecular formula is C11H21O5P. The molecule has 0 fully saturated rings. The second-order valence-electron chi connectivity index (χ2n) is 3.45. The molecule has 0 aliphatic rings. The fourth-order valence-corrected chi connectivity index (χ4v) is 2.57. The van der Waals surface area contributed by atoms with Crippen LogP contribution < -0.4 is 0 Å². The average Bonchev–Trinajstić information content (AvgIpc) is 2.33. The van der Waals surface area contributed by atoms with Crippen molar-refractivity contribution in [2.75, 3.05) is 13.2 Å². The molecule has 0 heterocycles. The van der Waals surface area contributed by atoms with Crippen LogP contribution in [0, 0.1) is 0 Å². The van der Waals surface area contributed by atoms with E-state index in [-0.39, 0.29) is 0 Å². The molecule has 0 aliphatic carbocycles. The van der Waals surface area contributed by atoms with Crippen LogP contribution in [0.5, 0.6) is 0 Å². The lowest BCUT2D eigenvalue weighted by atomic mass is 10.5. The van der Waals surface area contributed by atoms with Gasteiger partial charge in [0.05, 0.1) is 13.2 Å². The molecule has 5 nitrogen and oxygen atoms in total. The van der Waals surface area contributed by atoms with Crippen LogP contribution in [0.1, 0.15) is 33.6 Å². The highest BCUT2D eigenvalue weighted by Gasteiger charge is 2.35. The zero-order valence-electron chi connectivity index (χ0n) is 10.7. The van der Waals surface area contributed by atoms with E-state index in [1.54, 1.807) is 0 Å². The SMILES string of the molecule is C=CC(=O)OC(C)P(=O)(OCCC)OCCC. The minimum atomic E-state index is -3.40. The Bertz CT molecular complexity index is 278. The predicted molar refractivity (Wildman–Crippen MR) is 65.8 cm³/mol. The van der Waals surface area contributed by atoms with Gasteiger partial charge >= 0.3 is 13.6 Å². The van der Waals surface area contributed by atoms with Gasteiger partial charge in [-0.2, -0.15) is 0 Å². The predicted octanol–water partition coefficient (Wildman–Crippen LogP) is 3.11. The van der Waals surface area contributed by atoms with Crippen LogP contribution in [0.3, 0.4) is 0 Å². The second-order valence-corrected chi connectivity index (χ2v) is 5.77. The van der Waals surface area contributed by atoms with E-state index in [9.17, 15) is 9.36 Å². The van der Waals surface area contributed by atoms with Gasteiger partial charge in [-0.15, -0.1) is 0 Å². The maximum atomic E-state index is 12.3. The third-order valence-electron chi connectivity index (χ3n) is 1.85. The van der Waals surface area contributed by atoms with Gasteiger partial charge in [-0.1, -0.05) is 20.4 Å². The van der Waals surface area contributed by atoms with E-state index in [2.05, 4.69) is 6.58 Å². The van der Waals surface area contributed by atoms with Crippen molar-refractivity contribution >= 4 is 13.6 Å². The van der Waals surface area contributed by atoms with Gasteiger partial charge in [-0.05, 0) is 19.8 Å². The van der Waals surface area contributed by atoms with Gasteiger partial charge in [0.25, 0.3) is 0 Å². The van der Waals surface area contributed by atoms with E-state index in [1.807, 2.05) is 13.8 Å². The summed E-state index contributed by atoms with van der Waals surface area (Å²) in [5.41, 5.74) is 0. The minimum Gasteiger partial charge on any atom is -0.447 e. The van der Waals surface area contributed by atoms with Crippen LogP contribution in [-0.4, -0.2) is 25.0 Å². The van der Waals surface area contributed by atoms with Crippen molar-refractivity contribution in [3.63, 3.8) is 0 Å². The number of rotatable bonds is 9. The molecule has 1 unspecified atom stereocenters. The van der Waals surface area contributed by atoms with Gasteiger partial charge in [0, 0.05) is 6.08 Å². The van der Waals surface area contributed by atoms with Crippen molar-refractivity contribution in [1.29, 1.82) is 0 Å². The quantitative estimate of drug-likeness (QED) is 0.364. The topological polar surface area (TPSA) is 61.8 Å². The second kappa shape index (κ2) is 8.45. The summed E-state index contributed by atoms with van der Waals surface area (Å²) < 4.78 is 27.6. The van der Waals surface area contributed by atoms with Crippen LogP contribution in [0.2, 0.25) is 0 Å². The average molecular weight is 264 g/mol. The van der Waals surface area contributed by atoms with Gasteiger partial charge in [0.15, 0.2) is 5.85 Å². The zero-order chi connectivity index (χ0) is 13.3. The lowest BCUT2D eigenvalue weighted by Crippen LogP contribution is -2.17. The maximum absolute atomic E-state index is 12.3. The fraction of sp³-hybridized carbons (Fsp3) is 0.727. The fourth-order valence-electron chi connectivity index (χ4n) is 0.965. The summed E-state index contributed by atoms with van der Waals surface area (Å²) >= 11 is 0. The van der Waals surface area contributed by atoms with Crippen molar-refractivity contribution in [1.82, 2.24) is 0 Å². The largest absolute Gasteiger partial charge is 0.447 e. The highest BCUT2D eigenvalue weighted by Crippen LogP contribution is 2.53. The van der Waals surface area contributed by atoms with Crippen LogP contribution in [0.4, 0.5) is 0 Å². The number of hydrogen-bond donors (Lipinski definition) is 0. The number of carbonyl (C=O) groups excluding carboxylic acids is 1. The molecule has 0 aromatic carbocycles. The Morgan fingerprint density at radius 2 is 1.76 bits per heavy atom. The molecule has 0 rings (SSSR count). The molecule has 0 amide bonds. The van der Waals surface area contributed by atoms with Crippen molar-refractivity contribution in [2.45, 2.75) is 39.5 Å². The molecule has 0 radical (unpaired) electrons. The van der Waals surface area contributed by atoms with Crippen molar-refractivity contribution in [3.8, 4) is 0 Å². The van der Waals surface area contributed by atoms with Crippen LogP contribution in [-0.2, 0) is 23.1 Å². The van der Waals surface area contributed by atoms with Crippen LogP contribution in [0.25, 0.3) is 0 Å². The van der Waals surface area contributed by atoms with E-state index < -0.39 is 19.4 Å². The Morgan fingerprint density at radius 3 is 2.12 bits per heavy atom. The molecule has 0 aromatic rings. The van der Waals surface area contributed by atoms with Gasteiger partial charge < -0.3 is 13.8 Å². The van der Waals surface area contributed by atoms with E-state index >= 15 is 0 Å². The first-order valence-corrected chi connectivity index (χ1v) is 7.33. The zero-order valence-corrected chi connectivity index (χ0v) is 11.6. The molecule has 0 aliphatic heterocycles. The van der Waals surface area contributed by atoms with Crippen LogP contribution >= 0.6 is 7.60 Å². The minimum absolute atomic E-state index is 0.303. The summed E-state index contributed by atoms with van der Waals surface area (Å²) in [5.74, 6) is -1.57. The molecule has 0 bridgehead atoms.